The first-order valence-corrected chi connectivity index (χ1v) is 8.03. The van der Waals surface area contributed by atoms with E-state index in [-0.39, 0.29) is 11.8 Å². The molecule has 2 rings (SSSR count). The zero-order chi connectivity index (χ0) is 16.3. The molecule has 4 nitrogen and oxygen atoms in total. The summed E-state index contributed by atoms with van der Waals surface area (Å²) in [6.45, 7) is 5.73. The van der Waals surface area contributed by atoms with Crippen LogP contribution >= 0.6 is 11.3 Å². The van der Waals surface area contributed by atoms with Crippen molar-refractivity contribution in [2.75, 3.05) is 5.32 Å². The molecule has 3 N–H and O–H groups in total. The third-order valence-electron chi connectivity index (χ3n) is 3.80. The molecule has 2 aromatic rings. The maximum Gasteiger partial charge on any atom is 0.251 e. The summed E-state index contributed by atoms with van der Waals surface area (Å²) in [6.07, 6.45) is 0.686. The van der Waals surface area contributed by atoms with E-state index in [2.05, 4.69) is 5.32 Å². The molecule has 0 unspecified atom stereocenters. The average molecular weight is 316 g/mol. The standard InChI is InChI=1S/C17H20N2O2S/c1-4-13(12-8-6-5-7-9-12)16(21)19-17-14(15(18)20)10(2)11(3)22-17/h5-9,13H,4H2,1-3H3,(H2,18,20)(H,19,21)/t13-/m0/s1. The van der Waals surface area contributed by atoms with Crippen LogP contribution in [0.15, 0.2) is 30.3 Å². The van der Waals surface area contributed by atoms with Crippen LogP contribution in [0.5, 0.6) is 0 Å². The van der Waals surface area contributed by atoms with Gasteiger partial charge >= 0.3 is 0 Å². The molecule has 0 bridgehead atoms. The minimum absolute atomic E-state index is 0.113. The molecular formula is C17H20N2O2S. The summed E-state index contributed by atoms with van der Waals surface area (Å²) >= 11 is 1.39. The van der Waals surface area contributed by atoms with Crippen LogP contribution in [0, 0.1) is 13.8 Å². The fourth-order valence-corrected chi connectivity index (χ4v) is 3.54. The third kappa shape index (κ3) is 3.20. The first-order valence-electron chi connectivity index (χ1n) is 7.21. The second-order valence-corrected chi connectivity index (χ2v) is 6.44. The highest BCUT2D eigenvalue weighted by Gasteiger charge is 2.23. The van der Waals surface area contributed by atoms with Gasteiger partial charge in [0.05, 0.1) is 11.5 Å². The van der Waals surface area contributed by atoms with E-state index in [1.165, 1.54) is 11.3 Å². The molecule has 116 valence electrons. The minimum atomic E-state index is -0.509. The van der Waals surface area contributed by atoms with Crippen LogP contribution in [-0.2, 0) is 4.79 Å². The molecule has 0 aliphatic rings. The van der Waals surface area contributed by atoms with Crippen LogP contribution in [0.2, 0.25) is 0 Å². The Labute approximate surface area is 134 Å². The van der Waals surface area contributed by atoms with E-state index in [9.17, 15) is 9.59 Å². The molecule has 0 saturated carbocycles. The van der Waals surface area contributed by atoms with Crippen molar-refractivity contribution in [2.45, 2.75) is 33.1 Å². The van der Waals surface area contributed by atoms with Gasteiger partial charge in [-0.05, 0) is 31.4 Å². The molecule has 0 radical (unpaired) electrons. The van der Waals surface area contributed by atoms with Gasteiger partial charge < -0.3 is 11.1 Å². The molecule has 1 aromatic carbocycles. The van der Waals surface area contributed by atoms with Crippen LogP contribution in [-0.4, -0.2) is 11.8 Å². The van der Waals surface area contributed by atoms with E-state index in [4.69, 9.17) is 5.73 Å². The average Bonchev–Trinajstić information content (AvgIpc) is 2.75. The Balaban J connectivity index is 2.29. The SMILES string of the molecule is CC[C@H](C(=O)Nc1sc(C)c(C)c1C(N)=O)c1ccccc1. The highest BCUT2D eigenvalue weighted by Crippen LogP contribution is 2.33. The van der Waals surface area contributed by atoms with Gasteiger partial charge in [0.2, 0.25) is 5.91 Å². The third-order valence-corrected chi connectivity index (χ3v) is 4.92. The van der Waals surface area contributed by atoms with Crippen LogP contribution in [0.1, 0.15) is 45.6 Å². The maximum atomic E-state index is 12.6. The summed E-state index contributed by atoms with van der Waals surface area (Å²) in [5, 5.41) is 3.43. The molecule has 0 aliphatic carbocycles. The van der Waals surface area contributed by atoms with Gasteiger partial charge in [0.1, 0.15) is 5.00 Å². The van der Waals surface area contributed by atoms with Crippen molar-refractivity contribution in [1.82, 2.24) is 0 Å². The predicted molar refractivity (Wildman–Crippen MR) is 90.4 cm³/mol. The second-order valence-electron chi connectivity index (χ2n) is 5.21. The quantitative estimate of drug-likeness (QED) is 0.884. The van der Waals surface area contributed by atoms with E-state index < -0.39 is 5.91 Å². The number of carbonyl (C=O) groups is 2. The summed E-state index contributed by atoms with van der Waals surface area (Å²) < 4.78 is 0. The lowest BCUT2D eigenvalue weighted by atomic mass is 9.95. The molecule has 0 aliphatic heterocycles. The highest BCUT2D eigenvalue weighted by molar-refractivity contribution is 7.16. The van der Waals surface area contributed by atoms with Gasteiger partial charge in [-0.15, -0.1) is 11.3 Å². The van der Waals surface area contributed by atoms with Crippen molar-refractivity contribution in [3.05, 3.63) is 51.9 Å². The second kappa shape index (κ2) is 6.75. The number of primary amides is 1. The first kappa shape index (κ1) is 16.2. The summed E-state index contributed by atoms with van der Waals surface area (Å²) in [6, 6.07) is 9.63. The lowest BCUT2D eigenvalue weighted by Crippen LogP contribution is -2.22. The molecule has 5 heteroatoms. The number of nitrogens with two attached hydrogens (primary N) is 1. The van der Waals surface area contributed by atoms with Gasteiger partial charge in [-0.1, -0.05) is 37.3 Å². The van der Waals surface area contributed by atoms with E-state index in [1.807, 2.05) is 51.1 Å². The number of thiophene rings is 1. The number of nitrogens with one attached hydrogen (secondary N) is 1. The Morgan fingerprint density at radius 1 is 1.23 bits per heavy atom. The van der Waals surface area contributed by atoms with E-state index in [1.54, 1.807) is 0 Å². The summed E-state index contributed by atoms with van der Waals surface area (Å²) in [4.78, 5) is 25.2. The Morgan fingerprint density at radius 3 is 2.41 bits per heavy atom. The molecule has 0 saturated heterocycles. The summed E-state index contributed by atoms with van der Waals surface area (Å²) in [7, 11) is 0. The van der Waals surface area contributed by atoms with Crippen molar-refractivity contribution >= 4 is 28.2 Å². The van der Waals surface area contributed by atoms with Gasteiger partial charge in [0.25, 0.3) is 5.91 Å². The van der Waals surface area contributed by atoms with Crippen LogP contribution in [0.25, 0.3) is 0 Å². The molecule has 22 heavy (non-hydrogen) atoms. The van der Waals surface area contributed by atoms with Gasteiger partial charge in [-0.25, -0.2) is 0 Å². The molecule has 1 aromatic heterocycles. The molecule has 0 spiro atoms. The number of aryl methyl sites for hydroxylation is 1. The lowest BCUT2D eigenvalue weighted by molar-refractivity contribution is -0.117. The van der Waals surface area contributed by atoms with Crippen LogP contribution in [0.3, 0.4) is 0 Å². The highest BCUT2D eigenvalue weighted by atomic mass is 32.1. The van der Waals surface area contributed by atoms with Crippen LogP contribution in [0.4, 0.5) is 5.00 Å². The summed E-state index contributed by atoms with van der Waals surface area (Å²) in [5.41, 5.74) is 7.66. The number of amides is 2. The molecule has 0 fully saturated rings. The smallest absolute Gasteiger partial charge is 0.251 e. The van der Waals surface area contributed by atoms with Crippen molar-refractivity contribution < 1.29 is 9.59 Å². The monoisotopic (exact) mass is 316 g/mol. The number of anilines is 1. The zero-order valence-corrected chi connectivity index (χ0v) is 13.8. The van der Waals surface area contributed by atoms with Crippen molar-refractivity contribution in [3.63, 3.8) is 0 Å². The first-order chi connectivity index (χ1) is 10.5. The predicted octanol–water partition coefficient (Wildman–Crippen LogP) is 3.60. The largest absolute Gasteiger partial charge is 0.365 e. The van der Waals surface area contributed by atoms with Crippen molar-refractivity contribution in [2.24, 2.45) is 5.73 Å². The molecule has 1 atom stereocenters. The van der Waals surface area contributed by atoms with Crippen LogP contribution < -0.4 is 11.1 Å². The van der Waals surface area contributed by atoms with Gasteiger partial charge in [0.15, 0.2) is 0 Å². The number of hydrogen-bond acceptors (Lipinski definition) is 3. The fourth-order valence-electron chi connectivity index (χ4n) is 2.47. The number of hydrogen-bond donors (Lipinski definition) is 2. The molecule has 1 heterocycles. The maximum absolute atomic E-state index is 12.6. The Bertz CT molecular complexity index is 692. The van der Waals surface area contributed by atoms with Gasteiger partial charge in [0, 0.05) is 4.88 Å². The molecule has 2 amide bonds. The Hall–Kier alpha value is -2.14. The normalized spacial score (nSPS) is 12.0. The summed E-state index contributed by atoms with van der Waals surface area (Å²) in [5.74, 6) is -0.869. The minimum Gasteiger partial charge on any atom is -0.365 e. The number of rotatable bonds is 5. The Kier molecular flexibility index (Phi) is 4.98. The zero-order valence-electron chi connectivity index (χ0n) is 13.0. The van der Waals surface area contributed by atoms with Crippen molar-refractivity contribution in [3.8, 4) is 0 Å². The lowest BCUT2D eigenvalue weighted by Gasteiger charge is -2.15. The van der Waals surface area contributed by atoms with E-state index in [0.29, 0.717) is 17.0 Å². The number of benzene rings is 1. The number of carbonyl (C=O) groups excluding carboxylic acids is 2. The Morgan fingerprint density at radius 2 is 1.86 bits per heavy atom. The molecular weight excluding hydrogens is 296 g/mol. The van der Waals surface area contributed by atoms with E-state index >= 15 is 0 Å². The van der Waals surface area contributed by atoms with Gasteiger partial charge in [-0.3, -0.25) is 9.59 Å². The topological polar surface area (TPSA) is 72.2 Å². The van der Waals surface area contributed by atoms with Gasteiger partial charge in [-0.2, -0.15) is 0 Å². The van der Waals surface area contributed by atoms with E-state index in [0.717, 1.165) is 16.0 Å². The van der Waals surface area contributed by atoms with Crippen molar-refractivity contribution in [1.29, 1.82) is 0 Å². The fraction of sp³-hybridized carbons (Fsp3) is 0.294.